The highest BCUT2D eigenvalue weighted by Crippen LogP contribution is 2.16. The van der Waals surface area contributed by atoms with E-state index in [2.05, 4.69) is 22.1 Å². The molecule has 24 heavy (non-hydrogen) atoms. The summed E-state index contributed by atoms with van der Waals surface area (Å²) in [5.74, 6) is 1.70. The Balaban J connectivity index is 1.54. The zero-order chi connectivity index (χ0) is 17.2. The summed E-state index contributed by atoms with van der Waals surface area (Å²) in [7, 11) is 0. The van der Waals surface area contributed by atoms with Gasteiger partial charge in [-0.3, -0.25) is 9.59 Å². The highest BCUT2D eigenvalue weighted by Gasteiger charge is 2.06. The normalized spacial score (nSPS) is 10.4. The Morgan fingerprint density at radius 1 is 1.12 bits per heavy atom. The van der Waals surface area contributed by atoms with E-state index in [9.17, 15) is 9.59 Å². The Morgan fingerprint density at radius 3 is 2.75 bits per heavy atom. The number of benzene rings is 1. The zero-order valence-corrected chi connectivity index (χ0v) is 15.3. The zero-order valence-electron chi connectivity index (χ0n) is 13.7. The Labute approximate surface area is 151 Å². The van der Waals surface area contributed by atoms with E-state index in [-0.39, 0.29) is 11.8 Å². The molecule has 1 aromatic carbocycles. The lowest BCUT2D eigenvalue weighted by molar-refractivity contribution is -0.120. The van der Waals surface area contributed by atoms with Crippen LogP contribution in [0.4, 0.5) is 0 Å². The number of aryl methyl sites for hydroxylation is 1. The molecular weight excluding hydrogens is 340 g/mol. The third-order valence-corrected chi connectivity index (χ3v) is 5.38. The van der Waals surface area contributed by atoms with Gasteiger partial charge >= 0.3 is 0 Å². The fraction of sp³-hybridized carbons (Fsp3) is 0.333. The van der Waals surface area contributed by atoms with Gasteiger partial charge in [-0.2, -0.15) is 11.8 Å². The molecule has 2 N–H and O–H groups in total. The average molecular weight is 363 g/mol. The van der Waals surface area contributed by atoms with E-state index in [4.69, 9.17) is 0 Å². The van der Waals surface area contributed by atoms with E-state index in [1.165, 1.54) is 4.88 Å². The van der Waals surface area contributed by atoms with Crippen molar-refractivity contribution in [3.63, 3.8) is 0 Å². The minimum Gasteiger partial charge on any atom is -0.355 e. The molecule has 128 valence electrons. The van der Waals surface area contributed by atoms with Crippen LogP contribution >= 0.6 is 23.1 Å². The van der Waals surface area contributed by atoms with Crippen molar-refractivity contribution >= 4 is 34.9 Å². The molecule has 2 amide bonds. The topological polar surface area (TPSA) is 58.2 Å². The number of carbonyl (C=O) groups excluding carboxylic acids is 2. The number of thioether (sulfide) groups is 1. The Hall–Kier alpha value is -1.79. The van der Waals surface area contributed by atoms with E-state index >= 15 is 0 Å². The maximum Gasteiger partial charge on any atom is 0.251 e. The Morgan fingerprint density at radius 2 is 2.00 bits per heavy atom. The molecule has 1 heterocycles. The van der Waals surface area contributed by atoms with Gasteiger partial charge < -0.3 is 10.6 Å². The highest BCUT2D eigenvalue weighted by atomic mass is 32.2. The van der Waals surface area contributed by atoms with Crippen LogP contribution < -0.4 is 10.6 Å². The summed E-state index contributed by atoms with van der Waals surface area (Å²) in [4.78, 5) is 25.0. The van der Waals surface area contributed by atoms with Crippen LogP contribution in [0.2, 0.25) is 0 Å². The van der Waals surface area contributed by atoms with Crippen molar-refractivity contribution in [1.82, 2.24) is 10.6 Å². The molecule has 4 nitrogen and oxygen atoms in total. The maximum atomic E-state index is 11.9. The first-order chi connectivity index (χ1) is 11.6. The summed E-state index contributed by atoms with van der Waals surface area (Å²) in [6.45, 7) is 2.95. The lowest BCUT2D eigenvalue weighted by Crippen LogP contribution is -2.31. The summed E-state index contributed by atoms with van der Waals surface area (Å²) >= 11 is 3.56. The predicted molar refractivity (Wildman–Crippen MR) is 102 cm³/mol. The Bertz CT molecular complexity index is 657. The van der Waals surface area contributed by atoms with Gasteiger partial charge in [0.15, 0.2) is 0 Å². The summed E-state index contributed by atoms with van der Waals surface area (Å²) in [6.07, 6.45) is 0.299. The first-order valence-electron chi connectivity index (χ1n) is 7.87. The molecule has 0 aliphatic heterocycles. The fourth-order valence-electron chi connectivity index (χ4n) is 2.10. The van der Waals surface area contributed by atoms with Gasteiger partial charge in [0.2, 0.25) is 5.91 Å². The molecule has 0 aliphatic carbocycles. The molecular formula is C18H22N2O2S2. The number of amides is 2. The van der Waals surface area contributed by atoms with Crippen LogP contribution in [0.5, 0.6) is 0 Å². The van der Waals surface area contributed by atoms with Crippen LogP contribution in [-0.4, -0.2) is 30.7 Å². The van der Waals surface area contributed by atoms with E-state index in [0.717, 1.165) is 17.1 Å². The minimum absolute atomic E-state index is 0.0312. The third-order valence-electron chi connectivity index (χ3n) is 3.31. The highest BCUT2D eigenvalue weighted by molar-refractivity contribution is 7.98. The molecule has 0 radical (unpaired) electrons. The van der Waals surface area contributed by atoms with Crippen molar-refractivity contribution in [3.05, 3.63) is 57.8 Å². The van der Waals surface area contributed by atoms with Crippen LogP contribution in [0.15, 0.2) is 41.8 Å². The molecule has 1 aromatic heterocycles. The fourth-order valence-corrected chi connectivity index (χ4v) is 3.80. The largest absolute Gasteiger partial charge is 0.355 e. The van der Waals surface area contributed by atoms with Gasteiger partial charge in [-0.25, -0.2) is 0 Å². The second-order valence-electron chi connectivity index (χ2n) is 5.36. The third kappa shape index (κ3) is 6.76. The van der Waals surface area contributed by atoms with Crippen molar-refractivity contribution in [2.75, 3.05) is 18.8 Å². The molecule has 0 unspecified atom stereocenters. The summed E-state index contributed by atoms with van der Waals surface area (Å²) in [6, 6.07) is 11.6. The van der Waals surface area contributed by atoms with Gasteiger partial charge in [-0.15, -0.1) is 11.3 Å². The maximum absolute atomic E-state index is 11.9. The van der Waals surface area contributed by atoms with E-state index in [1.54, 1.807) is 29.2 Å². The lowest BCUT2D eigenvalue weighted by atomic mass is 10.1. The summed E-state index contributed by atoms with van der Waals surface area (Å²) < 4.78 is 0. The second kappa shape index (κ2) is 10.2. The first kappa shape index (κ1) is 18.5. The number of nitrogens with one attached hydrogen (secondary N) is 2. The molecule has 0 saturated carbocycles. The smallest absolute Gasteiger partial charge is 0.251 e. The second-order valence-corrected chi connectivity index (χ2v) is 7.49. The number of hydrogen-bond donors (Lipinski definition) is 2. The summed E-state index contributed by atoms with van der Waals surface area (Å²) in [5, 5.41) is 7.72. The molecule has 2 aromatic rings. The van der Waals surface area contributed by atoms with Crippen molar-refractivity contribution in [1.29, 1.82) is 0 Å². The molecule has 0 atom stereocenters. The first-order valence-corrected chi connectivity index (χ1v) is 9.90. The van der Waals surface area contributed by atoms with Crippen LogP contribution in [0.3, 0.4) is 0 Å². The number of thiophene rings is 1. The molecule has 0 saturated heterocycles. The van der Waals surface area contributed by atoms with Gasteiger partial charge in [0.05, 0.1) is 0 Å². The van der Waals surface area contributed by atoms with E-state index in [1.807, 2.05) is 31.2 Å². The van der Waals surface area contributed by atoms with Gasteiger partial charge in [0, 0.05) is 41.5 Å². The quantitative estimate of drug-likeness (QED) is 0.674. The van der Waals surface area contributed by atoms with E-state index < -0.39 is 0 Å². The van der Waals surface area contributed by atoms with Gasteiger partial charge in [-0.05, 0) is 30.5 Å². The van der Waals surface area contributed by atoms with Crippen molar-refractivity contribution in [3.8, 4) is 0 Å². The molecule has 2 rings (SSSR count). The van der Waals surface area contributed by atoms with Crippen molar-refractivity contribution in [2.24, 2.45) is 0 Å². The van der Waals surface area contributed by atoms with E-state index in [0.29, 0.717) is 25.1 Å². The molecule has 0 bridgehead atoms. The van der Waals surface area contributed by atoms with Gasteiger partial charge in [0.25, 0.3) is 5.91 Å². The van der Waals surface area contributed by atoms with Gasteiger partial charge in [0.1, 0.15) is 0 Å². The van der Waals surface area contributed by atoms with Crippen LogP contribution in [0, 0.1) is 6.92 Å². The van der Waals surface area contributed by atoms with Crippen LogP contribution in [0.1, 0.15) is 27.2 Å². The van der Waals surface area contributed by atoms with Crippen LogP contribution in [0.25, 0.3) is 0 Å². The van der Waals surface area contributed by atoms with Crippen molar-refractivity contribution in [2.45, 2.75) is 19.1 Å². The van der Waals surface area contributed by atoms with Gasteiger partial charge in [-0.1, -0.05) is 23.8 Å². The predicted octanol–water partition coefficient (Wildman–Crippen LogP) is 3.23. The minimum atomic E-state index is -0.141. The monoisotopic (exact) mass is 362 g/mol. The number of rotatable bonds is 9. The standard InChI is InChI=1S/C18H22N2O2S2/c1-14-4-2-5-15(12-14)18(22)20-8-7-17(21)19-9-11-23-13-16-6-3-10-24-16/h2-6,10,12H,7-9,11,13H2,1H3,(H,19,21)(H,20,22). The van der Waals surface area contributed by atoms with Crippen LogP contribution in [-0.2, 0) is 10.5 Å². The lowest BCUT2D eigenvalue weighted by Gasteiger charge is -2.07. The molecule has 0 spiro atoms. The SMILES string of the molecule is Cc1cccc(C(=O)NCCC(=O)NCCSCc2cccs2)c1. The average Bonchev–Trinajstić information content (AvgIpc) is 3.08. The Kier molecular flexibility index (Phi) is 7.85. The summed E-state index contributed by atoms with van der Waals surface area (Å²) in [5.41, 5.74) is 1.67. The number of hydrogen-bond acceptors (Lipinski definition) is 4. The molecule has 6 heteroatoms. The van der Waals surface area contributed by atoms with Crippen molar-refractivity contribution < 1.29 is 9.59 Å². The number of carbonyl (C=O) groups is 2. The molecule has 0 aliphatic rings. The molecule has 0 fully saturated rings.